The summed E-state index contributed by atoms with van der Waals surface area (Å²) in [7, 11) is 0. The van der Waals surface area contributed by atoms with E-state index in [1.807, 2.05) is 11.0 Å². The van der Waals surface area contributed by atoms with Crippen LogP contribution in [0.3, 0.4) is 0 Å². The molecule has 1 unspecified atom stereocenters. The molecule has 5 nitrogen and oxygen atoms in total. The monoisotopic (exact) mass is 343 g/mol. The molecule has 2 aliphatic rings. The Morgan fingerprint density at radius 3 is 2.96 bits per heavy atom. The summed E-state index contributed by atoms with van der Waals surface area (Å²) in [5.41, 5.74) is 2.50. The fourth-order valence-corrected chi connectivity index (χ4v) is 3.85. The minimum absolute atomic E-state index is 0.0609. The lowest BCUT2D eigenvalue weighted by Crippen LogP contribution is -2.41. The normalized spacial score (nSPS) is 20.4. The Morgan fingerprint density at radius 2 is 2.08 bits per heavy atom. The number of anilines is 1. The fourth-order valence-electron chi connectivity index (χ4n) is 3.85. The van der Waals surface area contributed by atoms with E-state index in [1.165, 1.54) is 11.3 Å². The molecule has 1 atom stereocenters. The second-order valence-corrected chi connectivity index (χ2v) is 7.20. The van der Waals surface area contributed by atoms with E-state index in [-0.39, 0.29) is 11.8 Å². The van der Waals surface area contributed by atoms with Gasteiger partial charge in [-0.15, -0.1) is 0 Å². The van der Waals surface area contributed by atoms with Crippen molar-refractivity contribution in [1.82, 2.24) is 10.2 Å². The first-order valence-electron chi connectivity index (χ1n) is 9.54. The average Bonchev–Trinajstić information content (AvgIpc) is 2.76. The van der Waals surface area contributed by atoms with Crippen LogP contribution in [0.25, 0.3) is 0 Å². The van der Waals surface area contributed by atoms with Gasteiger partial charge in [0.25, 0.3) is 0 Å². The molecule has 1 aromatic carbocycles. The van der Waals surface area contributed by atoms with Gasteiger partial charge < -0.3 is 15.1 Å². The minimum atomic E-state index is 0.0609. The molecule has 3 rings (SSSR count). The van der Waals surface area contributed by atoms with E-state index in [2.05, 4.69) is 35.3 Å². The zero-order valence-corrected chi connectivity index (χ0v) is 15.2. The van der Waals surface area contributed by atoms with Crippen molar-refractivity contribution in [1.29, 1.82) is 0 Å². The third kappa shape index (κ3) is 4.53. The summed E-state index contributed by atoms with van der Waals surface area (Å²) in [4.78, 5) is 28.4. The van der Waals surface area contributed by atoms with Crippen LogP contribution in [0.4, 0.5) is 5.69 Å². The highest BCUT2D eigenvalue weighted by Crippen LogP contribution is 2.31. The molecule has 25 heavy (non-hydrogen) atoms. The molecule has 5 heteroatoms. The number of nitrogens with one attached hydrogen (secondary N) is 1. The highest BCUT2D eigenvalue weighted by Gasteiger charge is 2.26. The minimum Gasteiger partial charge on any atom is -0.359 e. The second-order valence-electron chi connectivity index (χ2n) is 7.20. The van der Waals surface area contributed by atoms with Crippen molar-refractivity contribution < 1.29 is 9.59 Å². The first-order valence-corrected chi connectivity index (χ1v) is 9.54. The molecular weight excluding hydrogens is 314 g/mol. The SMILES string of the molecule is CC1Cc2ccccc2N1CC(=O)NCCCN1CCCCCC1=O. The van der Waals surface area contributed by atoms with E-state index in [4.69, 9.17) is 0 Å². The van der Waals surface area contributed by atoms with Crippen LogP contribution in [0.1, 0.15) is 44.6 Å². The Morgan fingerprint density at radius 1 is 1.24 bits per heavy atom. The van der Waals surface area contributed by atoms with Gasteiger partial charge in [-0.3, -0.25) is 9.59 Å². The van der Waals surface area contributed by atoms with E-state index in [0.29, 0.717) is 25.6 Å². The third-order valence-corrected chi connectivity index (χ3v) is 5.26. The van der Waals surface area contributed by atoms with Gasteiger partial charge in [0.1, 0.15) is 0 Å². The molecule has 2 amide bonds. The number of para-hydroxylation sites is 1. The quantitative estimate of drug-likeness (QED) is 0.807. The van der Waals surface area contributed by atoms with Gasteiger partial charge >= 0.3 is 0 Å². The van der Waals surface area contributed by atoms with Gasteiger partial charge in [-0.2, -0.15) is 0 Å². The fraction of sp³-hybridized carbons (Fsp3) is 0.600. The number of likely N-dealkylation sites (tertiary alicyclic amines) is 1. The maximum absolute atomic E-state index is 12.3. The molecular formula is C20H29N3O2. The summed E-state index contributed by atoms with van der Waals surface area (Å²) in [6.07, 6.45) is 5.77. The van der Waals surface area contributed by atoms with E-state index in [0.717, 1.165) is 45.2 Å². The lowest BCUT2D eigenvalue weighted by atomic mass is 10.1. The van der Waals surface area contributed by atoms with Gasteiger partial charge in [0.15, 0.2) is 0 Å². The van der Waals surface area contributed by atoms with Crippen molar-refractivity contribution in [2.45, 2.75) is 51.5 Å². The molecule has 0 aliphatic carbocycles. The molecule has 0 aromatic heterocycles. The molecule has 1 N–H and O–H groups in total. The van der Waals surface area contributed by atoms with Gasteiger partial charge in [-0.25, -0.2) is 0 Å². The Labute approximate surface area is 150 Å². The zero-order chi connectivity index (χ0) is 17.6. The van der Waals surface area contributed by atoms with Crippen molar-refractivity contribution in [3.63, 3.8) is 0 Å². The Hall–Kier alpha value is -2.04. The van der Waals surface area contributed by atoms with Crippen LogP contribution in [-0.2, 0) is 16.0 Å². The largest absolute Gasteiger partial charge is 0.359 e. The first kappa shape index (κ1) is 17.8. The van der Waals surface area contributed by atoms with Gasteiger partial charge in [-0.05, 0) is 44.2 Å². The van der Waals surface area contributed by atoms with Gasteiger partial charge in [0, 0.05) is 37.8 Å². The van der Waals surface area contributed by atoms with Crippen molar-refractivity contribution >= 4 is 17.5 Å². The van der Waals surface area contributed by atoms with E-state index in [9.17, 15) is 9.59 Å². The van der Waals surface area contributed by atoms with E-state index in [1.54, 1.807) is 0 Å². The summed E-state index contributed by atoms with van der Waals surface area (Å²) >= 11 is 0. The molecule has 136 valence electrons. The highest BCUT2D eigenvalue weighted by molar-refractivity contribution is 5.82. The predicted molar refractivity (Wildman–Crippen MR) is 99.6 cm³/mol. The number of rotatable bonds is 6. The van der Waals surface area contributed by atoms with Crippen molar-refractivity contribution in [2.24, 2.45) is 0 Å². The predicted octanol–water partition coefficient (Wildman–Crippen LogP) is 2.35. The summed E-state index contributed by atoms with van der Waals surface area (Å²) < 4.78 is 0. The molecule has 2 aliphatic heterocycles. The number of fused-ring (bicyclic) bond motifs is 1. The summed E-state index contributed by atoms with van der Waals surface area (Å²) in [5, 5.41) is 3.01. The van der Waals surface area contributed by atoms with Crippen LogP contribution in [0.5, 0.6) is 0 Å². The maximum atomic E-state index is 12.3. The second kappa shape index (κ2) is 8.37. The summed E-state index contributed by atoms with van der Waals surface area (Å²) in [5.74, 6) is 0.331. The summed E-state index contributed by atoms with van der Waals surface area (Å²) in [6, 6.07) is 8.68. The van der Waals surface area contributed by atoms with Crippen molar-refractivity contribution in [3.8, 4) is 0 Å². The number of hydrogen-bond donors (Lipinski definition) is 1. The Kier molecular flexibility index (Phi) is 5.95. The van der Waals surface area contributed by atoms with Crippen LogP contribution >= 0.6 is 0 Å². The zero-order valence-electron chi connectivity index (χ0n) is 15.2. The lowest BCUT2D eigenvalue weighted by molar-refractivity contribution is -0.130. The lowest BCUT2D eigenvalue weighted by Gasteiger charge is -2.24. The summed E-state index contributed by atoms with van der Waals surface area (Å²) in [6.45, 7) is 4.82. The third-order valence-electron chi connectivity index (χ3n) is 5.26. The van der Waals surface area contributed by atoms with Gasteiger partial charge in [0.05, 0.1) is 6.54 Å². The molecule has 0 bridgehead atoms. The van der Waals surface area contributed by atoms with Crippen molar-refractivity contribution in [3.05, 3.63) is 29.8 Å². The smallest absolute Gasteiger partial charge is 0.239 e. The number of amides is 2. The molecule has 1 aromatic rings. The number of carbonyl (C=O) groups excluding carboxylic acids is 2. The van der Waals surface area contributed by atoms with Crippen molar-refractivity contribution in [2.75, 3.05) is 31.1 Å². The van der Waals surface area contributed by atoms with Crippen LogP contribution in [0.15, 0.2) is 24.3 Å². The molecule has 0 radical (unpaired) electrons. The highest BCUT2D eigenvalue weighted by atomic mass is 16.2. The number of benzene rings is 1. The number of carbonyl (C=O) groups is 2. The van der Waals surface area contributed by atoms with Crippen LogP contribution < -0.4 is 10.2 Å². The van der Waals surface area contributed by atoms with Crippen LogP contribution in [0, 0.1) is 0 Å². The molecule has 1 saturated heterocycles. The standard InChI is InChI=1S/C20H29N3O2/c1-16-14-17-8-4-5-9-18(17)23(16)15-19(24)21-11-7-13-22-12-6-2-3-10-20(22)25/h4-5,8-9,16H,2-3,6-7,10-15H2,1H3,(H,21,24). The van der Waals surface area contributed by atoms with E-state index < -0.39 is 0 Å². The van der Waals surface area contributed by atoms with E-state index >= 15 is 0 Å². The van der Waals surface area contributed by atoms with Gasteiger partial charge in [-0.1, -0.05) is 24.6 Å². The Balaban J connectivity index is 1.41. The molecule has 0 saturated carbocycles. The molecule has 1 fully saturated rings. The van der Waals surface area contributed by atoms with Gasteiger partial charge in [0.2, 0.25) is 11.8 Å². The molecule has 0 spiro atoms. The number of nitrogens with zero attached hydrogens (tertiary/aromatic N) is 2. The maximum Gasteiger partial charge on any atom is 0.239 e. The average molecular weight is 343 g/mol. The molecule has 2 heterocycles. The van der Waals surface area contributed by atoms with Crippen LogP contribution in [0.2, 0.25) is 0 Å². The first-order chi connectivity index (χ1) is 12.1. The number of hydrogen-bond acceptors (Lipinski definition) is 3. The van der Waals surface area contributed by atoms with Crippen LogP contribution in [-0.4, -0.2) is 48.9 Å². The Bertz CT molecular complexity index is 617. The topological polar surface area (TPSA) is 52.7 Å².